The summed E-state index contributed by atoms with van der Waals surface area (Å²) >= 11 is 0. The Kier molecular flexibility index (Phi) is 7.79. The summed E-state index contributed by atoms with van der Waals surface area (Å²) in [5.41, 5.74) is 5.11. The molecule has 2 heterocycles. The van der Waals surface area contributed by atoms with Gasteiger partial charge < -0.3 is 29.9 Å². The fraction of sp³-hybridized carbons (Fsp3) is 0.444. The lowest BCUT2D eigenvalue weighted by Gasteiger charge is -2.24. The zero-order valence-corrected chi connectivity index (χ0v) is 18.6. The molecular formula is C18H24N5O9P. The molecule has 33 heavy (non-hydrogen) atoms. The second-order valence-corrected chi connectivity index (χ2v) is 8.72. The quantitative estimate of drug-likeness (QED) is 0.245. The largest absolute Gasteiger partial charge is 0.468 e. The van der Waals surface area contributed by atoms with Crippen molar-refractivity contribution in [3.8, 4) is 5.75 Å². The molecule has 1 aromatic carbocycles. The summed E-state index contributed by atoms with van der Waals surface area (Å²) in [6.07, 6.45) is -4.23. The number of amides is 1. The third kappa shape index (κ3) is 5.93. The van der Waals surface area contributed by atoms with Gasteiger partial charge >= 0.3 is 13.7 Å². The number of hydrogen-bond donors (Lipinski definition) is 4. The number of ether oxygens (including phenoxy) is 2. The van der Waals surface area contributed by atoms with Crippen molar-refractivity contribution in [2.45, 2.75) is 37.5 Å². The highest BCUT2D eigenvalue weighted by molar-refractivity contribution is 7.52. The normalized spacial score (nSPS) is 25.2. The van der Waals surface area contributed by atoms with E-state index in [4.69, 9.17) is 19.5 Å². The highest BCUT2D eigenvalue weighted by Gasteiger charge is 2.46. The predicted octanol–water partition coefficient (Wildman–Crippen LogP) is -0.649. The number of rotatable bonds is 10. The van der Waals surface area contributed by atoms with Crippen LogP contribution in [-0.2, 0) is 23.4 Å². The molecule has 1 saturated heterocycles. The summed E-state index contributed by atoms with van der Waals surface area (Å²) in [6, 6.07) is 7.02. The zero-order valence-electron chi connectivity index (χ0n) is 17.7. The summed E-state index contributed by atoms with van der Waals surface area (Å²) in [5, 5.41) is 27.0. The van der Waals surface area contributed by atoms with E-state index in [1.807, 2.05) is 0 Å². The topological polar surface area (TPSA) is 197 Å². The van der Waals surface area contributed by atoms with Crippen LogP contribution in [-0.4, -0.2) is 74.9 Å². The lowest BCUT2D eigenvalue weighted by atomic mass is 10.1. The van der Waals surface area contributed by atoms with E-state index in [0.29, 0.717) is 0 Å². The molecule has 180 valence electrons. The number of aliphatic hydroxyl groups is 2. The lowest BCUT2D eigenvalue weighted by molar-refractivity contribution is -0.142. The smallest absolute Gasteiger partial charge is 0.459 e. The molecule has 14 nitrogen and oxygen atoms in total. The number of nitrogens with one attached hydrogen (secondary N) is 1. The van der Waals surface area contributed by atoms with E-state index < -0.39 is 56.8 Å². The van der Waals surface area contributed by atoms with Crippen LogP contribution in [0.3, 0.4) is 0 Å². The maximum atomic E-state index is 13.3. The van der Waals surface area contributed by atoms with Crippen LogP contribution in [0.2, 0.25) is 0 Å². The van der Waals surface area contributed by atoms with E-state index in [0.717, 1.165) is 11.0 Å². The minimum atomic E-state index is -4.18. The maximum absolute atomic E-state index is 13.3. The molecule has 15 heteroatoms. The number of benzene rings is 1. The predicted molar refractivity (Wildman–Crippen MR) is 110 cm³/mol. The van der Waals surface area contributed by atoms with E-state index in [9.17, 15) is 24.4 Å². The van der Waals surface area contributed by atoms with Gasteiger partial charge in [-0.25, -0.2) is 14.2 Å². The number of aromatic nitrogens is 3. The van der Waals surface area contributed by atoms with Crippen LogP contribution in [0.4, 0.5) is 0 Å². The molecule has 5 N–H and O–H groups in total. The number of nitrogens with zero attached hydrogens (tertiary/aromatic N) is 3. The van der Waals surface area contributed by atoms with E-state index in [2.05, 4.69) is 19.9 Å². The minimum absolute atomic E-state index is 0.192. The second-order valence-electron chi connectivity index (χ2n) is 7.03. The van der Waals surface area contributed by atoms with Gasteiger partial charge in [0, 0.05) is 0 Å². The minimum Gasteiger partial charge on any atom is -0.468 e. The molecule has 0 radical (unpaired) electrons. The Bertz CT molecular complexity index is 1020. The van der Waals surface area contributed by atoms with Crippen LogP contribution in [0.25, 0.3) is 0 Å². The standard InChI is InChI=1S/C18H24N5O9P/c1-10(18(27)29-2)22-33(28,32-11-6-4-3-5-7-11)30-8-12-13(24)14(25)17(31-12)23-9-20-16(21-23)15(19)26/h3-7,9-10,12-14,17,24-25H,8H2,1-2H3,(H2,19,26)(H,22,28). The molecule has 1 amide bonds. The van der Waals surface area contributed by atoms with Gasteiger partial charge in [-0.2, -0.15) is 5.09 Å². The first kappa shape index (κ1) is 24.8. The van der Waals surface area contributed by atoms with Gasteiger partial charge in [0.05, 0.1) is 13.7 Å². The molecule has 2 aromatic rings. The van der Waals surface area contributed by atoms with Crippen molar-refractivity contribution in [2.24, 2.45) is 5.73 Å². The number of carbonyl (C=O) groups excluding carboxylic acids is 2. The molecule has 3 rings (SSSR count). The molecule has 1 aliphatic heterocycles. The number of esters is 1. The molecule has 1 aromatic heterocycles. The Hall–Kier alpha value is -2.87. The second kappa shape index (κ2) is 10.4. The molecule has 0 saturated carbocycles. The molecule has 6 atom stereocenters. The van der Waals surface area contributed by atoms with Crippen LogP contribution in [0.5, 0.6) is 5.75 Å². The SMILES string of the molecule is COC(=O)C(C)NP(=O)(OCC1OC(n2cnc(C(N)=O)n2)C(O)C1O)Oc1ccccc1. The van der Waals surface area contributed by atoms with Gasteiger partial charge in [0.2, 0.25) is 5.82 Å². The monoisotopic (exact) mass is 485 g/mol. The van der Waals surface area contributed by atoms with Crippen molar-refractivity contribution < 1.29 is 42.9 Å². The number of hydrogen-bond acceptors (Lipinski definition) is 11. The van der Waals surface area contributed by atoms with Gasteiger partial charge in [0.1, 0.15) is 36.4 Å². The van der Waals surface area contributed by atoms with Gasteiger partial charge in [-0.3, -0.25) is 14.1 Å². The van der Waals surface area contributed by atoms with Gasteiger partial charge in [-0.1, -0.05) is 18.2 Å². The number of nitrogens with two attached hydrogens (primary N) is 1. The average molecular weight is 485 g/mol. The van der Waals surface area contributed by atoms with Crippen LogP contribution in [0.15, 0.2) is 36.7 Å². The zero-order chi connectivity index (χ0) is 24.2. The Balaban J connectivity index is 1.72. The number of primary amides is 1. The highest BCUT2D eigenvalue weighted by atomic mass is 31.2. The first-order chi connectivity index (χ1) is 15.6. The van der Waals surface area contributed by atoms with Crippen molar-refractivity contribution in [3.05, 3.63) is 42.5 Å². The van der Waals surface area contributed by atoms with Crippen molar-refractivity contribution in [3.63, 3.8) is 0 Å². The number of para-hydroxylation sites is 1. The van der Waals surface area contributed by atoms with Gasteiger partial charge in [0.15, 0.2) is 6.23 Å². The van der Waals surface area contributed by atoms with Gasteiger partial charge in [-0.05, 0) is 19.1 Å². The number of carbonyl (C=O) groups is 2. The number of aliphatic hydroxyl groups excluding tert-OH is 2. The van der Waals surface area contributed by atoms with Crippen LogP contribution >= 0.6 is 7.75 Å². The summed E-state index contributed by atoms with van der Waals surface area (Å²) in [5.74, 6) is -1.70. The van der Waals surface area contributed by atoms with Crippen LogP contribution in [0, 0.1) is 0 Å². The summed E-state index contributed by atoms with van der Waals surface area (Å²) in [7, 11) is -3.01. The van der Waals surface area contributed by atoms with E-state index in [-0.39, 0.29) is 11.6 Å². The molecule has 0 spiro atoms. The van der Waals surface area contributed by atoms with E-state index >= 15 is 0 Å². The summed E-state index contributed by atoms with van der Waals surface area (Å²) in [6.45, 7) is 0.898. The van der Waals surface area contributed by atoms with E-state index in [1.165, 1.54) is 26.2 Å². The summed E-state index contributed by atoms with van der Waals surface area (Å²) < 4.78 is 35.5. The molecule has 0 bridgehead atoms. The van der Waals surface area contributed by atoms with E-state index in [1.54, 1.807) is 18.2 Å². The van der Waals surface area contributed by atoms with Crippen molar-refractivity contribution in [1.29, 1.82) is 0 Å². The maximum Gasteiger partial charge on any atom is 0.459 e. The van der Waals surface area contributed by atoms with Crippen LogP contribution in [0.1, 0.15) is 23.8 Å². The van der Waals surface area contributed by atoms with Crippen LogP contribution < -0.4 is 15.3 Å². The fourth-order valence-corrected chi connectivity index (χ4v) is 4.45. The van der Waals surface area contributed by atoms with Crippen molar-refractivity contribution in [1.82, 2.24) is 19.9 Å². The van der Waals surface area contributed by atoms with Gasteiger partial charge in [0.25, 0.3) is 5.91 Å². The third-order valence-corrected chi connectivity index (χ3v) is 6.25. The Morgan fingerprint density at radius 2 is 2.00 bits per heavy atom. The Morgan fingerprint density at radius 3 is 2.61 bits per heavy atom. The summed E-state index contributed by atoms with van der Waals surface area (Å²) in [4.78, 5) is 26.7. The Labute approximate surface area is 188 Å². The molecule has 6 unspecified atom stereocenters. The highest BCUT2D eigenvalue weighted by Crippen LogP contribution is 2.45. The molecular weight excluding hydrogens is 461 g/mol. The lowest BCUT2D eigenvalue weighted by Crippen LogP contribution is -2.37. The van der Waals surface area contributed by atoms with Gasteiger partial charge in [-0.15, -0.1) is 5.10 Å². The first-order valence-electron chi connectivity index (χ1n) is 9.71. The molecule has 0 aliphatic carbocycles. The number of methoxy groups -OCH3 is 1. The van der Waals surface area contributed by atoms with Crippen molar-refractivity contribution >= 4 is 19.6 Å². The third-order valence-electron chi connectivity index (χ3n) is 4.61. The fourth-order valence-electron chi connectivity index (χ4n) is 2.94. The molecule has 1 fully saturated rings. The first-order valence-corrected chi connectivity index (χ1v) is 11.2. The van der Waals surface area contributed by atoms with Crippen molar-refractivity contribution in [2.75, 3.05) is 13.7 Å². The molecule has 1 aliphatic rings. The average Bonchev–Trinajstić information content (AvgIpc) is 3.38. The Morgan fingerprint density at radius 1 is 1.30 bits per heavy atom.